The standard InChI is InChI=1S/C22H29N3O4S.ClH/c1-18-6-8-21(9-7-18)30(27,28)25-14-12-24(13-15-25)11-10-23-22(26)17-29-20-5-3-4-19(2)16-20;/h3-9,16H,10-15,17H2,1-2H3,(H,23,26);1H. The first kappa shape index (κ1) is 25.1. The van der Waals surface area contributed by atoms with E-state index in [1.165, 1.54) is 4.31 Å². The molecule has 2 aromatic carbocycles. The fourth-order valence-corrected chi connectivity index (χ4v) is 4.73. The Hall–Kier alpha value is -2.13. The van der Waals surface area contributed by atoms with E-state index in [1.807, 2.05) is 50.2 Å². The van der Waals surface area contributed by atoms with Gasteiger partial charge in [0.15, 0.2) is 6.61 Å². The van der Waals surface area contributed by atoms with Gasteiger partial charge in [0, 0.05) is 39.3 Å². The zero-order valence-electron chi connectivity index (χ0n) is 17.9. The van der Waals surface area contributed by atoms with Crippen molar-refractivity contribution in [3.63, 3.8) is 0 Å². The van der Waals surface area contributed by atoms with Gasteiger partial charge in [-0.2, -0.15) is 4.31 Å². The van der Waals surface area contributed by atoms with Gasteiger partial charge in [0.25, 0.3) is 5.91 Å². The van der Waals surface area contributed by atoms with Crippen LogP contribution in [0.5, 0.6) is 5.75 Å². The molecule has 0 atom stereocenters. The third-order valence-electron chi connectivity index (χ3n) is 5.10. The molecule has 3 rings (SSSR count). The maximum Gasteiger partial charge on any atom is 0.257 e. The number of rotatable bonds is 8. The number of aryl methyl sites for hydroxylation is 2. The number of hydrogen-bond donors (Lipinski definition) is 1. The van der Waals surface area contributed by atoms with Gasteiger partial charge in [-0.3, -0.25) is 9.69 Å². The van der Waals surface area contributed by atoms with Crippen LogP contribution in [0.1, 0.15) is 11.1 Å². The van der Waals surface area contributed by atoms with Crippen LogP contribution in [0, 0.1) is 13.8 Å². The quantitative estimate of drug-likeness (QED) is 0.644. The highest BCUT2D eigenvalue weighted by atomic mass is 35.5. The van der Waals surface area contributed by atoms with Gasteiger partial charge in [0.05, 0.1) is 4.90 Å². The molecule has 0 aliphatic carbocycles. The van der Waals surface area contributed by atoms with Crippen molar-refractivity contribution in [2.45, 2.75) is 18.7 Å². The summed E-state index contributed by atoms with van der Waals surface area (Å²) in [7, 11) is -3.45. The van der Waals surface area contributed by atoms with Gasteiger partial charge >= 0.3 is 0 Å². The minimum atomic E-state index is -3.45. The monoisotopic (exact) mass is 467 g/mol. The van der Waals surface area contributed by atoms with Crippen molar-refractivity contribution in [2.75, 3.05) is 45.9 Å². The topological polar surface area (TPSA) is 79.0 Å². The molecule has 1 aliphatic rings. The highest BCUT2D eigenvalue weighted by Crippen LogP contribution is 2.18. The number of nitrogens with zero attached hydrogens (tertiary/aromatic N) is 2. The predicted octanol–water partition coefficient (Wildman–Crippen LogP) is 2.23. The summed E-state index contributed by atoms with van der Waals surface area (Å²) in [5.41, 5.74) is 2.11. The lowest BCUT2D eigenvalue weighted by Gasteiger charge is -2.34. The molecule has 1 aliphatic heterocycles. The summed E-state index contributed by atoms with van der Waals surface area (Å²) in [5, 5.41) is 2.85. The van der Waals surface area contributed by atoms with E-state index < -0.39 is 10.0 Å². The Morgan fingerprint density at radius 3 is 2.32 bits per heavy atom. The van der Waals surface area contributed by atoms with Gasteiger partial charge < -0.3 is 10.1 Å². The van der Waals surface area contributed by atoms with E-state index in [2.05, 4.69) is 10.2 Å². The number of carbonyl (C=O) groups is 1. The molecule has 1 fully saturated rings. The molecule has 7 nitrogen and oxygen atoms in total. The lowest BCUT2D eigenvalue weighted by atomic mass is 10.2. The lowest BCUT2D eigenvalue weighted by Crippen LogP contribution is -2.50. The zero-order valence-corrected chi connectivity index (χ0v) is 19.5. The van der Waals surface area contributed by atoms with Crippen molar-refractivity contribution in [2.24, 2.45) is 0 Å². The third-order valence-corrected chi connectivity index (χ3v) is 7.01. The van der Waals surface area contributed by atoms with Crippen LogP contribution in [0.15, 0.2) is 53.4 Å². The van der Waals surface area contributed by atoms with Crippen LogP contribution in [0.25, 0.3) is 0 Å². The van der Waals surface area contributed by atoms with E-state index in [0.29, 0.717) is 49.9 Å². The molecule has 1 N–H and O–H groups in total. The van der Waals surface area contributed by atoms with Crippen molar-refractivity contribution < 1.29 is 17.9 Å². The number of amides is 1. The molecule has 1 heterocycles. The van der Waals surface area contributed by atoms with Gasteiger partial charge in [0.1, 0.15) is 5.75 Å². The van der Waals surface area contributed by atoms with E-state index in [-0.39, 0.29) is 24.9 Å². The fraction of sp³-hybridized carbons (Fsp3) is 0.409. The Balaban J connectivity index is 0.00000341. The second kappa shape index (κ2) is 11.5. The fourth-order valence-electron chi connectivity index (χ4n) is 3.31. The summed E-state index contributed by atoms with van der Waals surface area (Å²) in [4.78, 5) is 14.5. The molecule has 0 unspecified atom stereocenters. The number of ether oxygens (including phenoxy) is 1. The molecule has 0 saturated carbocycles. The van der Waals surface area contributed by atoms with Crippen LogP contribution in [0.2, 0.25) is 0 Å². The summed E-state index contributed by atoms with van der Waals surface area (Å²) in [6.45, 7) is 7.23. The van der Waals surface area contributed by atoms with Crippen LogP contribution >= 0.6 is 12.4 Å². The van der Waals surface area contributed by atoms with Crippen molar-refractivity contribution in [1.29, 1.82) is 0 Å². The second-order valence-electron chi connectivity index (χ2n) is 7.51. The normalized spacial score (nSPS) is 15.2. The minimum absolute atomic E-state index is 0. The number of carbonyl (C=O) groups excluding carboxylic acids is 1. The summed E-state index contributed by atoms with van der Waals surface area (Å²) in [6.07, 6.45) is 0. The van der Waals surface area contributed by atoms with E-state index in [1.54, 1.807) is 12.1 Å². The number of halogens is 1. The number of sulfonamides is 1. The van der Waals surface area contributed by atoms with Crippen LogP contribution in [-0.4, -0.2) is 69.4 Å². The molecule has 0 aromatic heterocycles. The van der Waals surface area contributed by atoms with Gasteiger partial charge in [0.2, 0.25) is 10.0 Å². The van der Waals surface area contributed by atoms with Crippen LogP contribution in [-0.2, 0) is 14.8 Å². The molecular formula is C22H30ClN3O4S. The average Bonchev–Trinajstić information content (AvgIpc) is 2.73. The molecule has 0 bridgehead atoms. The van der Waals surface area contributed by atoms with Gasteiger partial charge in [-0.05, 0) is 43.7 Å². The summed E-state index contributed by atoms with van der Waals surface area (Å²) < 4.78 is 32.5. The maximum atomic E-state index is 12.8. The minimum Gasteiger partial charge on any atom is -0.484 e. The van der Waals surface area contributed by atoms with E-state index in [9.17, 15) is 13.2 Å². The van der Waals surface area contributed by atoms with Crippen molar-refractivity contribution in [3.05, 3.63) is 59.7 Å². The highest BCUT2D eigenvalue weighted by Gasteiger charge is 2.28. The van der Waals surface area contributed by atoms with Crippen molar-refractivity contribution >= 4 is 28.3 Å². The van der Waals surface area contributed by atoms with Gasteiger partial charge in [-0.1, -0.05) is 29.8 Å². The SMILES string of the molecule is Cc1ccc(S(=O)(=O)N2CCN(CCNC(=O)COc3cccc(C)c3)CC2)cc1.Cl. The third kappa shape index (κ3) is 7.21. The molecule has 1 amide bonds. The molecule has 9 heteroatoms. The number of nitrogens with one attached hydrogen (secondary N) is 1. The van der Waals surface area contributed by atoms with Gasteiger partial charge in [-0.25, -0.2) is 8.42 Å². The predicted molar refractivity (Wildman–Crippen MR) is 123 cm³/mol. The van der Waals surface area contributed by atoms with Crippen LogP contribution in [0.3, 0.4) is 0 Å². The smallest absolute Gasteiger partial charge is 0.257 e. The Labute approximate surface area is 190 Å². The molecule has 1 saturated heterocycles. The first-order valence-corrected chi connectivity index (χ1v) is 11.5. The molecule has 31 heavy (non-hydrogen) atoms. The molecular weight excluding hydrogens is 438 g/mol. The Bertz CT molecular complexity index is 959. The van der Waals surface area contributed by atoms with Crippen LogP contribution < -0.4 is 10.1 Å². The maximum absolute atomic E-state index is 12.8. The first-order valence-electron chi connectivity index (χ1n) is 10.1. The number of benzene rings is 2. The van der Waals surface area contributed by atoms with E-state index in [4.69, 9.17) is 4.74 Å². The summed E-state index contributed by atoms with van der Waals surface area (Å²) in [5.74, 6) is 0.508. The lowest BCUT2D eigenvalue weighted by molar-refractivity contribution is -0.123. The molecule has 0 radical (unpaired) electrons. The molecule has 170 valence electrons. The van der Waals surface area contributed by atoms with Crippen LogP contribution in [0.4, 0.5) is 0 Å². The Morgan fingerprint density at radius 1 is 1.00 bits per heavy atom. The average molecular weight is 468 g/mol. The summed E-state index contributed by atoms with van der Waals surface area (Å²) >= 11 is 0. The summed E-state index contributed by atoms with van der Waals surface area (Å²) in [6, 6.07) is 14.5. The first-order chi connectivity index (χ1) is 14.3. The number of hydrogen-bond acceptors (Lipinski definition) is 5. The highest BCUT2D eigenvalue weighted by molar-refractivity contribution is 7.89. The van der Waals surface area contributed by atoms with E-state index >= 15 is 0 Å². The number of piperazine rings is 1. The van der Waals surface area contributed by atoms with Gasteiger partial charge in [-0.15, -0.1) is 12.4 Å². The molecule has 2 aromatic rings. The molecule has 0 spiro atoms. The second-order valence-corrected chi connectivity index (χ2v) is 9.45. The van der Waals surface area contributed by atoms with Crippen molar-refractivity contribution in [3.8, 4) is 5.75 Å². The zero-order chi connectivity index (χ0) is 21.6. The van der Waals surface area contributed by atoms with E-state index in [0.717, 1.165) is 11.1 Å². The largest absolute Gasteiger partial charge is 0.484 e. The van der Waals surface area contributed by atoms with Crippen molar-refractivity contribution in [1.82, 2.24) is 14.5 Å². The Kier molecular flexibility index (Phi) is 9.31. The Morgan fingerprint density at radius 2 is 1.68 bits per heavy atom.